The molecule has 1 saturated heterocycles. The second kappa shape index (κ2) is 12.7. The predicted molar refractivity (Wildman–Crippen MR) is 133 cm³/mol. The van der Waals surface area contributed by atoms with Gasteiger partial charge in [0.1, 0.15) is 5.82 Å². The summed E-state index contributed by atoms with van der Waals surface area (Å²) in [6, 6.07) is 15.0. The number of nitrogens with one attached hydrogen (secondary N) is 1. The molecule has 0 spiro atoms. The number of primary amides is 1. The van der Waals surface area contributed by atoms with Crippen LogP contribution in [0.25, 0.3) is 5.69 Å². The molecule has 3 aromatic rings. The average molecular weight is 497 g/mol. The summed E-state index contributed by atoms with van der Waals surface area (Å²) in [4.78, 5) is 13.3. The van der Waals surface area contributed by atoms with Crippen molar-refractivity contribution < 1.29 is 18.3 Å². The summed E-state index contributed by atoms with van der Waals surface area (Å²) in [7, 11) is 0. The lowest BCUT2D eigenvalue weighted by Gasteiger charge is -2.14. The van der Waals surface area contributed by atoms with E-state index in [1.165, 1.54) is 12.1 Å². The van der Waals surface area contributed by atoms with Gasteiger partial charge >= 0.3 is 6.03 Å². The molecule has 0 aliphatic carbocycles. The third-order valence-corrected chi connectivity index (χ3v) is 5.83. The molecule has 0 saturated carbocycles. The molecule has 0 radical (unpaired) electrons. The van der Waals surface area contributed by atoms with E-state index in [1.807, 2.05) is 44.2 Å². The van der Waals surface area contributed by atoms with Crippen LogP contribution in [0, 0.1) is 29.9 Å². The Kier molecular flexibility index (Phi) is 9.36. The SMILES string of the molecule is CCOc1nn(-c2ccccc2)c(NC(N)=O)c1C.N#CCCN1CCC(c2ccc(F)c(F)c2)C1. The number of aromatic nitrogens is 2. The van der Waals surface area contributed by atoms with E-state index >= 15 is 0 Å². The number of likely N-dealkylation sites (tertiary alicyclic amines) is 1. The number of para-hydroxylation sites is 1. The van der Waals surface area contributed by atoms with E-state index in [-0.39, 0.29) is 5.92 Å². The Hall–Kier alpha value is -3.97. The van der Waals surface area contributed by atoms with Crippen molar-refractivity contribution in [3.8, 4) is 17.6 Å². The topological polar surface area (TPSA) is 109 Å². The van der Waals surface area contributed by atoms with Crippen LogP contribution in [0.5, 0.6) is 5.88 Å². The largest absolute Gasteiger partial charge is 0.477 e. The number of halogens is 2. The number of carbonyl (C=O) groups excluding carboxylic acids is 1. The maximum atomic E-state index is 13.1. The van der Waals surface area contributed by atoms with E-state index in [0.717, 1.165) is 42.9 Å². The molecule has 0 bridgehead atoms. The van der Waals surface area contributed by atoms with Gasteiger partial charge in [-0.3, -0.25) is 5.32 Å². The van der Waals surface area contributed by atoms with Crippen LogP contribution >= 0.6 is 0 Å². The Morgan fingerprint density at radius 3 is 2.64 bits per heavy atom. The van der Waals surface area contributed by atoms with Crippen molar-refractivity contribution in [2.75, 3.05) is 31.6 Å². The van der Waals surface area contributed by atoms with Gasteiger partial charge in [-0.1, -0.05) is 24.3 Å². The molecular formula is C26H30F2N6O2. The van der Waals surface area contributed by atoms with Crippen molar-refractivity contribution in [1.29, 1.82) is 5.26 Å². The monoisotopic (exact) mass is 496 g/mol. The van der Waals surface area contributed by atoms with Crippen LogP contribution in [0.3, 0.4) is 0 Å². The van der Waals surface area contributed by atoms with Crippen molar-refractivity contribution in [3.63, 3.8) is 0 Å². The third kappa shape index (κ3) is 6.79. The van der Waals surface area contributed by atoms with E-state index in [1.54, 1.807) is 10.7 Å². The maximum absolute atomic E-state index is 13.1. The Bertz CT molecular complexity index is 1210. The molecular weight excluding hydrogens is 466 g/mol. The van der Waals surface area contributed by atoms with E-state index < -0.39 is 17.7 Å². The van der Waals surface area contributed by atoms with E-state index in [4.69, 9.17) is 15.7 Å². The van der Waals surface area contributed by atoms with Gasteiger partial charge in [0.2, 0.25) is 5.88 Å². The first-order valence-corrected chi connectivity index (χ1v) is 11.7. The fraction of sp³-hybridized carbons (Fsp3) is 0.346. The normalized spacial score (nSPS) is 15.0. The van der Waals surface area contributed by atoms with Gasteiger partial charge in [-0.2, -0.15) is 5.26 Å². The van der Waals surface area contributed by atoms with Crippen molar-refractivity contribution in [3.05, 3.63) is 71.3 Å². The highest BCUT2D eigenvalue weighted by atomic mass is 19.2. The smallest absolute Gasteiger partial charge is 0.317 e. The van der Waals surface area contributed by atoms with Gasteiger partial charge in [0.05, 0.1) is 23.9 Å². The molecule has 2 heterocycles. The number of nitrogens with zero attached hydrogens (tertiary/aromatic N) is 4. The fourth-order valence-corrected chi connectivity index (χ4v) is 4.05. The number of benzene rings is 2. The number of anilines is 1. The summed E-state index contributed by atoms with van der Waals surface area (Å²) in [6.07, 6.45) is 1.46. The van der Waals surface area contributed by atoms with Crippen LogP contribution in [0.1, 0.15) is 36.8 Å². The molecule has 10 heteroatoms. The molecule has 4 rings (SSSR count). The molecule has 3 N–H and O–H groups in total. The zero-order valence-electron chi connectivity index (χ0n) is 20.4. The first kappa shape index (κ1) is 26.6. The summed E-state index contributed by atoms with van der Waals surface area (Å²) >= 11 is 0. The van der Waals surface area contributed by atoms with Crippen molar-refractivity contribution >= 4 is 11.8 Å². The Morgan fingerprint density at radius 1 is 1.25 bits per heavy atom. The quantitative estimate of drug-likeness (QED) is 0.491. The zero-order valence-corrected chi connectivity index (χ0v) is 20.4. The molecule has 1 fully saturated rings. The minimum Gasteiger partial charge on any atom is -0.477 e. The van der Waals surface area contributed by atoms with Gasteiger partial charge in [0.25, 0.3) is 0 Å². The molecule has 8 nitrogen and oxygen atoms in total. The molecule has 36 heavy (non-hydrogen) atoms. The number of rotatable bonds is 7. The third-order valence-electron chi connectivity index (χ3n) is 5.83. The molecule has 1 atom stereocenters. The van der Waals surface area contributed by atoms with Crippen molar-refractivity contribution in [2.24, 2.45) is 5.73 Å². The maximum Gasteiger partial charge on any atom is 0.317 e. The van der Waals surface area contributed by atoms with Crippen LogP contribution in [0.15, 0.2) is 48.5 Å². The summed E-state index contributed by atoms with van der Waals surface area (Å²) < 4.78 is 32.9. The van der Waals surface area contributed by atoms with Crippen LogP contribution in [-0.4, -0.2) is 47.0 Å². The molecule has 2 aromatic carbocycles. The standard InChI is InChI=1S/C13H14F2N2.C13H16N4O2/c14-12-3-2-10(8-13(12)15)11-4-7-17(9-11)6-1-5-16;1-3-19-12-9(2)11(15-13(14)18)17(16-12)10-7-5-4-6-8-10/h2-3,8,11H,1,4,6-7,9H2;4-8H,3H2,1-2H3,(H3,14,15,18). The second-order valence-corrected chi connectivity index (χ2v) is 8.32. The van der Waals surface area contributed by atoms with Gasteiger partial charge in [0, 0.05) is 19.5 Å². The molecule has 1 unspecified atom stereocenters. The van der Waals surface area contributed by atoms with Crippen LogP contribution in [-0.2, 0) is 0 Å². The second-order valence-electron chi connectivity index (χ2n) is 8.32. The van der Waals surface area contributed by atoms with E-state index in [9.17, 15) is 13.6 Å². The summed E-state index contributed by atoms with van der Waals surface area (Å²) in [5, 5.41) is 15.4. The van der Waals surface area contributed by atoms with Crippen LogP contribution < -0.4 is 15.8 Å². The average Bonchev–Trinajstić information content (AvgIpc) is 3.46. The first-order valence-electron chi connectivity index (χ1n) is 11.7. The van der Waals surface area contributed by atoms with E-state index in [2.05, 4.69) is 21.4 Å². The number of nitrogens with two attached hydrogens (primary N) is 1. The number of hydrogen-bond donors (Lipinski definition) is 2. The lowest BCUT2D eigenvalue weighted by molar-refractivity contribution is 0.259. The molecule has 2 amide bonds. The lowest BCUT2D eigenvalue weighted by Crippen LogP contribution is -2.21. The first-order chi connectivity index (χ1) is 17.3. The number of urea groups is 1. The van der Waals surface area contributed by atoms with Gasteiger partial charge in [-0.05, 0) is 62.6 Å². The number of amides is 2. The highest BCUT2D eigenvalue weighted by molar-refractivity contribution is 5.88. The molecule has 1 aromatic heterocycles. The summed E-state index contributed by atoms with van der Waals surface area (Å²) in [5.41, 5.74) is 7.60. The minimum absolute atomic E-state index is 0.254. The number of ether oxygens (including phenoxy) is 1. The highest BCUT2D eigenvalue weighted by Gasteiger charge is 2.24. The lowest BCUT2D eigenvalue weighted by atomic mass is 9.98. The predicted octanol–water partition coefficient (Wildman–Crippen LogP) is 4.74. The Morgan fingerprint density at radius 2 is 2.00 bits per heavy atom. The zero-order chi connectivity index (χ0) is 26.1. The summed E-state index contributed by atoms with van der Waals surface area (Å²) in [5.74, 6) is -0.327. The van der Waals surface area contributed by atoms with Gasteiger partial charge in [-0.25, -0.2) is 18.3 Å². The fourth-order valence-electron chi connectivity index (χ4n) is 4.05. The van der Waals surface area contributed by atoms with Gasteiger partial charge < -0.3 is 15.4 Å². The Labute approximate surface area is 209 Å². The van der Waals surface area contributed by atoms with Gasteiger partial charge in [0.15, 0.2) is 11.6 Å². The Balaban J connectivity index is 0.000000202. The minimum atomic E-state index is -0.798. The molecule has 1 aliphatic rings. The summed E-state index contributed by atoms with van der Waals surface area (Å²) in [6.45, 7) is 6.71. The van der Waals surface area contributed by atoms with E-state index in [0.29, 0.717) is 24.7 Å². The molecule has 190 valence electrons. The highest BCUT2D eigenvalue weighted by Crippen LogP contribution is 2.29. The van der Waals surface area contributed by atoms with Crippen molar-refractivity contribution in [1.82, 2.24) is 14.7 Å². The number of nitriles is 1. The number of hydrogen-bond acceptors (Lipinski definition) is 5. The molecule has 1 aliphatic heterocycles. The van der Waals surface area contributed by atoms with Crippen LogP contribution in [0.4, 0.5) is 19.4 Å². The number of carbonyl (C=O) groups is 1. The van der Waals surface area contributed by atoms with Crippen LogP contribution in [0.2, 0.25) is 0 Å². The van der Waals surface area contributed by atoms with Crippen molar-refractivity contribution in [2.45, 2.75) is 32.6 Å². The van der Waals surface area contributed by atoms with Gasteiger partial charge in [-0.15, -0.1) is 5.10 Å².